The summed E-state index contributed by atoms with van der Waals surface area (Å²) in [4.78, 5) is 26.2. The average molecular weight is 295 g/mol. The topological polar surface area (TPSA) is 61.4 Å². The van der Waals surface area contributed by atoms with Gasteiger partial charge in [0, 0.05) is 6.04 Å². The van der Waals surface area contributed by atoms with Gasteiger partial charge in [0.15, 0.2) is 0 Å². The molecule has 5 nitrogen and oxygen atoms in total. The lowest BCUT2D eigenvalue weighted by molar-refractivity contribution is -0.125. The van der Waals surface area contributed by atoms with Crippen LogP contribution in [0.2, 0.25) is 0 Å². The van der Waals surface area contributed by atoms with Crippen molar-refractivity contribution in [3.8, 4) is 0 Å². The molecule has 2 fully saturated rings. The van der Waals surface area contributed by atoms with E-state index in [0.717, 1.165) is 44.7 Å². The molecule has 1 aliphatic heterocycles. The first-order valence-electron chi connectivity index (χ1n) is 8.41. The van der Waals surface area contributed by atoms with Crippen LogP contribution < -0.4 is 10.6 Å². The first kappa shape index (κ1) is 16.3. The standard InChI is InChI=1S/C16H29N3O2/c1-12-8-10-19(11-9-12)13(2)15(20)18-16(21)17-14-6-4-3-5-7-14/h12-14H,3-11H2,1-2H3,(H2,17,18,20,21)/t13-/m0/s1. The second-order valence-electron chi connectivity index (χ2n) is 6.69. The molecule has 0 radical (unpaired) electrons. The van der Waals surface area contributed by atoms with Crippen LogP contribution in [0.1, 0.15) is 58.8 Å². The largest absolute Gasteiger partial charge is 0.335 e. The van der Waals surface area contributed by atoms with Crippen LogP contribution in [-0.4, -0.2) is 42.0 Å². The van der Waals surface area contributed by atoms with Crippen molar-refractivity contribution >= 4 is 11.9 Å². The third kappa shape index (κ3) is 4.99. The fourth-order valence-corrected chi connectivity index (χ4v) is 3.27. The molecule has 2 aliphatic rings. The van der Waals surface area contributed by atoms with Crippen LogP contribution in [0, 0.1) is 5.92 Å². The molecule has 1 saturated heterocycles. The third-order valence-electron chi connectivity index (χ3n) is 4.92. The molecule has 120 valence electrons. The number of carbonyl (C=O) groups excluding carboxylic acids is 2. The summed E-state index contributed by atoms with van der Waals surface area (Å²) < 4.78 is 0. The summed E-state index contributed by atoms with van der Waals surface area (Å²) in [5.74, 6) is 0.559. The Kier molecular flexibility index (Phi) is 6.03. The minimum atomic E-state index is -0.330. The summed E-state index contributed by atoms with van der Waals surface area (Å²) >= 11 is 0. The lowest BCUT2D eigenvalue weighted by atomic mass is 9.96. The van der Waals surface area contributed by atoms with E-state index in [0.29, 0.717) is 0 Å². The van der Waals surface area contributed by atoms with Gasteiger partial charge in [-0.2, -0.15) is 0 Å². The molecule has 2 rings (SSSR count). The van der Waals surface area contributed by atoms with Crippen molar-refractivity contribution in [3.05, 3.63) is 0 Å². The maximum Gasteiger partial charge on any atom is 0.321 e. The number of carbonyl (C=O) groups is 2. The van der Waals surface area contributed by atoms with Gasteiger partial charge in [0.05, 0.1) is 6.04 Å². The quantitative estimate of drug-likeness (QED) is 0.839. The fraction of sp³-hybridized carbons (Fsp3) is 0.875. The molecule has 1 atom stereocenters. The molecular weight excluding hydrogens is 266 g/mol. The molecule has 0 aromatic carbocycles. The number of urea groups is 1. The van der Waals surface area contributed by atoms with E-state index in [1.165, 1.54) is 19.3 Å². The highest BCUT2D eigenvalue weighted by Gasteiger charge is 2.26. The maximum absolute atomic E-state index is 12.2. The Hall–Kier alpha value is -1.10. The van der Waals surface area contributed by atoms with E-state index in [1.807, 2.05) is 6.92 Å². The maximum atomic E-state index is 12.2. The Labute approximate surface area is 127 Å². The zero-order valence-corrected chi connectivity index (χ0v) is 13.4. The molecule has 21 heavy (non-hydrogen) atoms. The van der Waals surface area contributed by atoms with E-state index in [1.54, 1.807) is 0 Å². The Morgan fingerprint density at radius 1 is 1.05 bits per heavy atom. The zero-order valence-electron chi connectivity index (χ0n) is 13.4. The van der Waals surface area contributed by atoms with Gasteiger partial charge >= 0.3 is 6.03 Å². The second-order valence-corrected chi connectivity index (χ2v) is 6.69. The molecule has 0 unspecified atom stereocenters. The number of imide groups is 1. The highest BCUT2D eigenvalue weighted by molar-refractivity contribution is 5.96. The third-order valence-corrected chi connectivity index (χ3v) is 4.92. The van der Waals surface area contributed by atoms with E-state index in [4.69, 9.17) is 0 Å². The molecule has 0 aromatic rings. The number of likely N-dealkylation sites (tertiary alicyclic amines) is 1. The second kappa shape index (κ2) is 7.78. The molecule has 0 bridgehead atoms. The van der Waals surface area contributed by atoms with Gasteiger partial charge in [0.2, 0.25) is 5.91 Å². The van der Waals surface area contributed by atoms with Crippen molar-refractivity contribution in [2.45, 2.75) is 70.9 Å². The molecule has 5 heteroatoms. The lowest BCUT2D eigenvalue weighted by Crippen LogP contribution is -2.52. The summed E-state index contributed by atoms with van der Waals surface area (Å²) in [5, 5.41) is 5.43. The summed E-state index contributed by atoms with van der Waals surface area (Å²) in [7, 11) is 0. The number of amides is 3. The number of hydrogen-bond donors (Lipinski definition) is 2. The van der Waals surface area contributed by atoms with Gasteiger partial charge in [-0.05, 0) is 51.6 Å². The van der Waals surface area contributed by atoms with Crippen LogP contribution in [0.25, 0.3) is 0 Å². The Balaban J connectivity index is 1.73. The van der Waals surface area contributed by atoms with Gasteiger partial charge in [0.25, 0.3) is 0 Å². The molecular formula is C16H29N3O2. The van der Waals surface area contributed by atoms with Crippen molar-refractivity contribution in [2.75, 3.05) is 13.1 Å². The van der Waals surface area contributed by atoms with Crippen LogP contribution in [0.5, 0.6) is 0 Å². The fourth-order valence-electron chi connectivity index (χ4n) is 3.27. The molecule has 0 spiro atoms. The smallest absolute Gasteiger partial charge is 0.321 e. The van der Waals surface area contributed by atoms with Gasteiger partial charge < -0.3 is 5.32 Å². The van der Waals surface area contributed by atoms with Gasteiger partial charge in [-0.15, -0.1) is 0 Å². The van der Waals surface area contributed by atoms with Gasteiger partial charge in [-0.1, -0.05) is 26.2 Å². The first-order chi connectivity index (χ1) is 10.1. The highest BCUT2D eigenvalue weighted by atomic mass is 16.2. The van der Waals surface area contributed by atoms with Crippen molar-refractivity contribution in [3.63, 3.8) is 0 Å². The van der Waals surface area contributed by atoms with E-state index in [-0.39, 0.29) is 24.0 Å². The molecule has 3 amide bonds. The predicted octanol–water partition coefficient (Wildman–Crippen LogP) is 2.27. The summed E-state index contributed by atoms with van der Waals surface area (Å²) in [5.41, 5.74) is 0. The number of rotatable bonds is 3. The van der Waals surface area contributed by atoms with Gasteiger partial charge in [-0.25, -0.2) is 4.79 Å². The van der Waals surface area contributed by atoms with Crippen molar-refractivity contribution in [1.29, 1.82) is 0 Å². The molecule has 0 aromatic heterocycles. The minimum Gasteiger partial charge on any atom is -0.335 e. The van der Waals surface area contributed by atoms with E-state index in [9.17, 15) is 9.59 Å². The Morgan fingerprint density at radius 3 is 2.29 bits per heavy atom. The molecule has 1 heterocycles. The van der Waals surface area contributed by atoms with E-state index in [2.05, 4.69) is 22.5 Å². The normalized spacial score (nSPS) is 23.5. The van der Waals surface area contributed by atoms with Crippen molar-refractivity contribution < 1.29 is 9.59 Å². The number of piperidine rings is 1. The summed E-state index contributed by atoms with van der Waals surface area (Å²) in [6.07, 6.45) is 7.91. The highest BCUT2D eigenvalue weighted by Crippen LogP contribution is 2.18. The van der Waals surface area contributed by atoms with Gasteiger partial charge in [0.1, 0.15) is 0 Å². The van der Waals surface area contributed by atoms with Crippen LogP contribution in [-0.2, 0) is 4.79 Å². The van der Waals surface area contributed by atoms with Crippen LogP contribution >= 0.6 is 0 Å². The Morgan fingerprint density at radius 2 is 1.67 bits per heavy atom. The Bertz CT molecular complexity index is 359. The zero-order chi connectivity index (χ0) is 15.2. The van der Waals surface area contributed by atoms with Gasteiger partial charge in [-0.3, -0.25) is 15.0 Å². The predicted molar refractivity (Wildman–Crippen MR) is 83.0 cm³/mol. The number of nitrogens with zero attached hydrogens (tertiary/aromatic N) is 1. The monoisotopic (exact) mass is 295 g/mol. The van der Waals surface area contributed by atoms with Crippen molar-refractivity contribution in [1.82, 2.24) is 15.5 Å². The van der Waals surface area contributed by atoms with E-state index >= 15 is 0 Å². The lowest BCUT2D eigenvalue weighted by Gasteiger charge is -2.34. The molecule has 1 aliphatic carbocycles. The SMILES string of the molecule is CC1CCN([C@@H](C)C(=O)NC(=O)NC2CCCCC2)CC1. The van der Waals surface area contributed by atoms with Crippen LogP contribution in [0.4, 0.5) is 4.79 Å². The molecule has 2 N–H and O–H groups in total. The average Bonchev–Trinajstić information content (AvgIpc) is 2.48. The number of hydrogen-bond acceptors (Lipinski definition) is 3. The van der Waals surface area contributed by atoms with Crippen LogP contribution in [0.3, 0.4) is 0 Å². The summed E-state index contributed by atoms with van der Waals surface area (Å²) in [6.45, 7) is 6.03. The summed E-state index contributed by atoms with van der Waals surface area (Å²) in [6, 6.07) is -0.323. The first-order valence-corrected chi connectivity index (χ1v) is 8.41. The number of nitrogens with one attached hydrogen (secondary N) is 2. The molecule has 1 saturated carbocycles. The van der Waals surface area contributed by atoms with Crippen molar-refractivity contribution in [2.24, 2.45) is 5.92 Å². The van der Waals surface area contributed by atoms with E-state index < -0.39 is 0 Å². The minimum absolute atomic E-state index is 0.183. The van der Waals surface area contributed by atoms with Crippen LogP contribution in [0.15, 0.2) is 0 Å².